The molecule has 2 aromatic rings. The summed E-state index contributed by atoms with van der Waals surface area (Å²) in [6.07, 6.45) is 6.30. The molecule has 0 spiro atoms. The van der Waals surface area contributed by atoms with Gasteiger partial charge >= 0.3 is 5.76 Å². The van der Waals surface area contributed by atoms with Gasteiger partial charge in [-0.3, -0.25) is 9.78 Å². The average Bonchev–Trinajstić information content (AvgIpc) is 2.89. The van der Waals surface area contributed by atoms with Crippen LogP contribution in [0.15, 0.2) is 33.7 Å². The van der Waals surface area contributed by atoms with Crippen molar-refractivity contribution in [3.05, 3.63) is 35.1 Å². The average molecular weight is 316 g/mol. The van der Waals surface area contributed by atoms with Crippen molar-refractivity contribution in [2.45, 2.75) is 51.7 Å². The first-order chi connectivity index (χ1) is 11.1. The van der Waals surface area contributed by atoms with E-state index in [9.17, 15) is 9.59 Å². The number of piperidine rings is 1. The number of carbonyl (C=O) groups is 1. The molecule has 0 unspecified atom stereocenters. The number of rotatable bonds is 3. The molecule has 1 aliphatic heterocycles. The molecule has 0 aliphatic carbocycles. The van der Waals surface area contributed by atoms with Gasteiger partial charge in [-0.15, -0.1) is 5.10 Å². The van der Waals surface area contributed by atoms with Crippen molar-refractivity contribution in [1.29, 1.82) is 0 Å². The van der Waals surface area contributed by atoms with Crippen molar-refractivity contribution in [2.24, 2.45) is 0 Å². The second-order valence-electron chi connectivity index (χ2n) is 6.00. The quantitative estimate of drug-likeness (QED) is 0.860. The highest BCUT2D eigenvalue weighted by atomic mass is 16.4. The second kappa shape index (κ2) is 6.36. The van der Waals surface area contributed by atoms with E-state index in [0.29, 0.717) is 5.56 Å². The summed E-state index contributed by atoms with van der Waals surface area (Å²) < 4.78 is 6.23. The molecule has 23 heavy (non-hydrogen) atoms. The minimum Gasteiger partial charge on any atom is -0.388 e. The third-order valence-electron chi connectivity index (χ3n) is 4.30. The molecule has 0 N–H and O–H groups in total. The Hall–Kier alpha value is -2.44. The summed E-state index contributed by atoms with van der Waals surface area (Å²) in [4.78, 5) is 30.3. The van der Waals surface area contributed by atoms with Crippen LogP contribution in [0.2, 0.25) is 0 Å². The number of amides is 1. The van der Waals surface area contributed by atoms with Crippen LogP contribution < -0.4 is 5.76 Å². The Kier molecular flexibility index (Phi) is 4.27. The van der Waals surface area contributed by atoms with E-state index >= 15 is 0 Å². The maximum atomic E-state index is 12.6. The largest absolute Gasteiger partial charge is 0.437 e. The summed E-state index contributed by atoms with van der Waals surface area (Å²) in [7, 11) is 0. The van der Waals surface area contributed by atoms with Crippen molar-refractivity contribution in [2.75, 3.05) is 0 Å². The Morgan fingerprint density at radius 2 is 1.91 bits per heavy atom. The van der Waals surface area contributed by atoms with E-state index in [1.807, 2.05) is 18.7 Å². The molecule has 7 nitrogen and oxygen atoms in total. The van der Waals surface area contributed by atoms with Gasteiger partial charge < -0.3 is 9.32 Å². The van der Waals surface area contributed by atoms with Gasteiger partial charge in [0.2, 0.25) is 11.8 Å². The minimum atomic E-state index is -0.623. The smallest absolute Gasteiger partial charge is 0.388 e. The van der Waals surface area contributed by atoms with E-state index in [-0.39, 0.29) is 30.4 Å². The molecule has 2 aromatic heterocycles. The van der Waals surface area contributed by atoms with Crippen LogP contribution in [-0.2, 0) is 11.3 Å². The van der Waals surface area contributed by atoms with E-state index in [1.165, 1.54) is 0 Å². The van der Waals surface area contributed by atoms with E-state index in [1.54, 1.807) is 24.5 Å². The predicted molar refractivity (Wildman–Crippen MR) is 83.6 cm³/mol. The molecule has 1 aliphatic rings. The van der Waals surface area contributed by atoms with E-state index < -0.39 is 5.76 Å². The summed E-state index contributed by atoms with van der Waals surface area (Å²) in [5.41, 5.74) is 0.656. The van der Waals surface area contributed by atoms with Gasteiger partial charge in [0, 0.05) is 30.0 Å². The lowest BCUT2D eigenvalue weighted by molar-refractivity contribution is -0.138. The molecule has 3 rings (SSSR count). The molecule has 0 bridgehead atoms. The number of likely N-dealkylation sites (tertiary alicyclic amines) is 1. The zero-order chi connectivity index (χ0) is 16.4. The lowest BCUT2D eigenvalue weighted by Gasteiger charge is -2.38. The van der Waals surface area contributed by atoms with Gasteiger partial charge in [-0.2, -0.15) is 4.68 Å². The number of pyridine rings is 1. The number of aromatic nitrogens is 3. The summed E-state index contributed by atoms with van der Waals surface area (Å²) in [6.45, 7) is 3.99. The summed E-state index contributed by atoms with van der Waals surface area (Å²) >= 11 is 0. The van der Waals surface area contributed by atoms with Crippen LogP contribution in [0.5, 0.6) is 0 Å². The van der Waals surface area contributed by atoms with Crippen LogP contribution in [0.3, 0.4) is 0 Å². The maximum absolute atomic E-state index is 12.6. The molecule has 2 atom stereocenters. The first-order valence-electron chi connectivity index (χ1n) is 7.86. The molecular formula is C16H20N4O3. The zero-order valence-corrected chi connectivity index (χ0v) is 13.3. The van der Waals surface area contributed by atoms with Gasteiger partial charge in [-0.25, -0.2) is 4.79 Å². The van der Waals surface area contributed by atoms with Crippen molar-refractivity contribution < 1.29 is 9.21 Å². The van der Waals surface area contributed by atoms with Crippen LogP contribution in [0.25, 0.3) is 11.5 Å². The maximum Gasteiger partial charge on any atom is 0.437 e. The standard InChI is InChI=1S/C16H20N4O3/c1-11-4-3-5-12(2)20(11)14(21)10-19-16(22)23-15(18-19)13-6-8-17-9-7-13/h6-9,11-12H,3-5,10H2,1-2H3/t11-,12-/m0/s1. The fraction of sp³-hybridized carbons (Fsp3) is 0.500. The van der Waals surface area contributed by atoms with Crippen molar-refractivity contribution >= 4 is 5.91 Å². The SMILES string of the molecule is C[C@H]1CCC[C@H](C)N1C(=O)Cn1nc(-c2ccncc2)oc1=O. The summed E-state index contributed by atoms with van der Waals surface area (Å²) in [5, 5.41) is 4.13. The number of carbonyl (C=O) groups excluding carboxylic acids is 1. The van der Waals surface area contributed by atoms with Crippen molar-refractivity contribution in [3.8, 4) is 11.5 Å². The van der Waals surface area contributed by atoms with E-state index in [4.69, 9.17) is 4.42 Å². The second-order valence-corrected chi connectivity index (χ2v) is 6.00. The molecule has 0 saturated carbocycles. The number of hydrogen-bond donors (Lipinski definition) is 0. The third kappa shape index (κ3) is 3.18. The molecule has 1 fully saturated rings. The Morgan fingerprint density at radius 3 is 2.57 bits per heavy atom. The van der Waals surface area contributed by atoms with Gasteiger partial charge in [0.15, 0.2) is 0 Å². The summed E-state index contributed by atoms with van der Waals surface area (Å²) in [5.74, 6) is -0.520. The Bertz CT molecular complexity index is 727. The first kappa shape index (κ1) is 15.5. The topological polar surface area (TPSA) is 81.2 Å². The third-order valence-corrected chi connectivity index (χ3v) is 4.30. The monoisotopic (exact) mass is 316 g/mol. The normalized spacial score (nSPS) is 21.4. The van der Waals surface area contributed by atoms with Crippen LogP contribution in [0, 0.1) is 0 Å². The van der Waals surface area contributed by atoms with E-state index in [0.717, 1.165) is 23.9 Å². The lowest BCUT2D eigenvalue weighted by atomic mass is 9.97. The summed E-state index contributed by atoms with van der Waals surface area (Å²) in [6, 6.07) is 3.78. The van der Waals surface area contributed by atoms with Gasteiger partial charge in [-0.1, -0.05) is 0 Å². The molecule has 1 saturated heterocycles. The molecule has 3 heterocycles. The number of hydrogen-bond acceptors (Lipinski definition) is 5. The first-order valence-corrected chi connectivity index (χ1v) is 7.86. The Balaban J connectivity index is 1.79. The van der Waals surface area contributed by atoms with Gasteiger partial charge in [0.1, 0.15) is 6.54 Å². The van der Waals surface area contributed by atoms with E-state index in [2.05, 4.69) is 10.1 Å². The van der Waals surface area contributed by atoms with Crippen LogP contribution >= 0.6 is 0 Å². The number of nitrogens with zero attached hydrogens (tertiary/aromatic N) is 4. The van der Waals surface area contributed by atoms with Gasteiger partial charge in [-0.05, 0) is 45.2 Å². The fourth-order valence-electron chi connectivity index (χ4n) is 3.14. The molecule has 122 valence electrons. The van der Waals surface area contributed by atoms with Gasteiger partial charge in [0.05, 0.1) is 0 Å². The fourth-order valence-corrected chi connectivity index (χ4v) is 3.14. The molecule has 7 heteroatoms. The van der Waals surface area contributed by atoms with Crippen LogP contribution in [0.4, 0.5) is 0 Å². The highest BCUT2D eigenvalue weighted by Crippen LogP contribution is 2.22. The van der Waals surface area contributed by atoms with Crippen molar-refractivity contribution in [3.63, 3.8) is 0 Å². The highest BCUT2D eigenvalue weighted by Gasteiger charge is 2.29. The van der Waals surface area contributed by atoms with Crippen molar-refractivity contribution in [1.82, 2.24) is 19.7 Å². The molecular weight excluding hydrogens is 296 g/mol. The minimum absolute atomic E-state index is 0.0951. The van der Waals surface area contributed by atoms with Gasteiger partial charge in [0.25, 0.3) is 0 Å². The zero-order valence-electron chi connectivity index (χ0n) is 13.3. The molecule has 1 amide bonds. The highest BCUT2D eigenvalue weighted by molar-refractivity contribution is 5.76. The molecule has 0 aromatic carbocycles. The molecule has 0 radical (unpaired) electrons. The Morgan fingerprint density at radius 1 is 1.26 bits per heavy atom. The Labute approximate surface area is 133 Å². The predicted octanol–water partition coefficient (Wildman–Crippen LogP) is 1.69. The lowest BCUT2D eigenvalue weighted by Crippen LogP contribution is -2.49. The van der Waals surface area contributed by atoms with Crippen LogP contribution in [-0.4, -0.2) is 37.7 Å². The van der Waals surface area contributed by atoms with Crippen LogP contribution in [0.1, 0.15) is 33.1 Å².